The highest BCUT2D eigenvalue weighted by Crippen LogP contribution is 2.24. The van der Waals surface area contributed by atoms with Gasteiger partial charge in [0.15, 0.2) is 0 Å². The highest BCUT2D eigenvalue weighted by molar-refractivity contribution is 5.93. The maximum absolute atomic E-state index is 12.8. The Hall–Kier alpha value is -3.21. The fourth-order valence-corrected chi connectivity index (χ4v) is 2.64. The molecule has 0 saturated carbocycles. The van der Waals surface area contributed by atoms with Crippen LogP contribution in [0.25, 0.3) is 27.7 Å². The van der Waals surface area contributed by atoms with E-state index in [-0.39, 0.29) is 5.56 Å². The first-order chi connectivity index (χ1) is 11.2. The molecule has 0 fully saturated rings. The molecule has 2 aromatic carbocycles. The molecule has 4 rings (SSSR count). The van der Waals surface area contributed by atoms with Crippen molar-refractivity contribution in [3.8, 4) is 16.9 Å². The van der Waals surface area contributed by atoms with Crippen LogP contribution < -0.4 is 5.56 Å². The average Bonchev–Trinajstić information content (AvgIpc) is 3.02. The molecule has 4 aromatic rings. The minimum atomic E-state index is -0.155. The van der Waals surface area contributed by atoms with Crippen molar-refractivity contribution in [2.45, 2.75) is 0 Å². The van der Waals surface area contributed by atoms with Crippen LogP contribution in [0.3, 0.4) is 0 Å². The van der Waals surface area contributed by atoms with E-state index in [4.69, 9.17) is 0 Å². The molecule has 0 spiro atoms. The largest absolute Gasteiger partial charge is 0.279 e. The van der Waals surface area contributed by atoms with Crippen LogP contribution >= 0.6 is 0 Å². The lowest BCUT2D eigenvalue weighted by Crippen LogP contribution is -2.21. The Morgan fingerprint density at radius 1 is 1.09 bits per heavy atom. The number of hydrogen-bond donors (Lipinski definition) is 0. The molecule has 0 aliphatic carbocycles. The zero-order chi connectivity index (χ0) is 15.8. The number of aryl methyl sites for hydroxylation is 1. The van der Waals surface area contributed by atoms with Gasteiger partial charge in [-0.3, -0.25) is 9.48 Å². The minimum absolute atomic E-state index is 0.155. The molecule has 2 heterocycles. The van der Waals surface area contributed by atoms with E-state index in [1.54, 1.807) is 17.1 Å². The lowest BCUT2D eigenvalue weighted by atomic mass is 10.1. The first-order valence-corrected chi connectivity index (χ1v) is 7.21. The van der Waals surface area contributed by atoms with Crippen LogP contribution in [-0.2, 0) is 7.05 Å². The van der Waals surface area contributed by atoms with Crippen molar-refractivity contribution in [3.05, 3.63) is 77.3 Å². The Kier molecular flexibility index (Phi) is 3.05. The van der Waals surface area contributed by atoms with Crippen LogP contribution in [-0.4, -0.2) is 19.6 Å². The molecule has 23 heavy (non-hydrogen) atoms. The van der Waals surface area contributed by atoms with Crippen LogP contribution in [0, 0.1) is 6.07 Å². The SMILES string of the molecule is Cn1cc(-n2nc(-c3c[c]ccc3)c3ccccc3c2=O)cn1. The summed E-state index contributed by atoms with van der Waals surface area (Å²) in [7, 11) is 1.81. The summed E-state index contributed by atoms with van der Waals surface area (Å²) in [5.41, 5.74) is 2.16. The Morgan fingerprint density at radius 3 is 2.61 bits per heavy atom. The van der Waals surface area contributed by atoms with E-state index in [9.17, 15) is 4.79 Å². The molecule has 5 heteroatoms. The predicted molar refractivity (Wildman–Crippen MR) is 88.4 cm³/mol. The first-order valence-electron chi connectivity index (χ1n) is 7.21. The van der Waals surface area contributed by atoms with Crippen molar-refractivity contribution in [1.29, 1.82) is 0 Å². The van der Waals surface area contributed by atoms with Gasteiger partial charge in [0.25, 0.3) is 5.56 Å². The van der Waals surface area contributed by atoms with E-state index in [1.165, 1.54) is 4.68 Å². The molecular formula is C18H13N4O. The number of benzene rings is 2. The van der Waals surface area contributed by atoms with Crippen LogP contribution in [0.1, 0.15) is 0 Å². The highest BCUT2D eigenvalue weighted by Gasteiger charge is 2.13. The Labute approximate surface area is 132 Å². The number of nitrogens with zero attached hydrogens (tertiary/aromatic N) is 4. The summed E-state index contributed by atoms with van der Waals surface area (Å²) in [6, 6.07) is 18.1. The molecule has 0 N–H and O–H groups in total. The third kappa shape index (κ3) is 2.23. The molecular weight excluding hydrogens is 288 g/mol. The van der Waals surface area contributed by atoms with Crippen LogP contribution in [0.2, 0.25) is 0 Å². The normalized spacial score (nSPS) is 11.0. The van der Waals surface area contributed by atoms with Gasteiger partial charge >= 0.3 is 0 Å². The maximum Gasteiger partial charge on any atom is 0.279 e. The molecule has 111 valence electrons. The van der Waals surface area contributed by atoms with E-state index < -0.39 is 0 Å². The van der Waals surface area contributed by atoms with Gasteiger partial charge in [0.05, 0.1) is 23.5 Å². The average molecular weight is 301 g/mol. The Morgan fingerprint density at radius 2 is 1.91 bits per heavy atom. The van der Waals surface area contributed by atoms with E-state index in [2.05, 4.69) is 16.3 Å². The van der Waals surface area contributed by atoms with Gasteiger partial charge in [0, 0.05) is 18.0 Å². The molecule has 1 radical (unpaired) electrons. The van der Waals surface area contributed by atoms with Gasteiger partial charge in [-0.2, -0.15) is 14.9 Å². The van der Waals surface area contributed by atoms with Gasteiger partial charge in [-0.15, -0.1) is 0 Å². The molecule has 0 unspecified atom stereocenters. The van der Waals surface area contributed by atoms with Crippen molar-refractivity contribution >= 4 is 10.8 Å². The molecule has 5 nitrogen and oxygen atoms in total. The summed E-state index contributed by atoms with van der Waals surface area (Å²) in [5.74, 6) is 0. The highest BCUT2D eigenvalue weighted by atomic mass is 16.1. The van der Waals surface area contributed by atoms with Crippen LogP contribution in [0.5, 0.6) is 0 Å². The fourth-order valence-electron chi connectivity index (χ4n) is 2.64. The summed E-state index contributed by atoms with van der Waals surface area (Å²) < 4.78 is 3.05. The molecule has 0 amide bonds. The van der Waals surface area contributed by atoms with Crippen molar-refractivity contribution in [3.63, 3.8) is 0 Å². The summed E-state index contributed by atoms with van der Waals surface area (Å²) >= 11 is 0. The Balaban J connectivity index is 2.10. The fraction of sp³-hybridized carbons (Fsp3) is 0.0556. The number of fused-ring (bicyclic) bond motifs is 1. The second-order valence-electron chi connectivity index (χ2n) is 5.28. The van der Waals surface area contributed by atoms with Crippen molar-refractivity contribution in [1.82, 2.24) is 19.6 Å². The molecule has 0 saturated heterocycles. The van der Waals surface area contributed by atoms with Gasteiger partial charge in [-0.1, -0.05) is 36.4 Å². The van der Waals surface area contributed by atoms with E-state index in [0.717, 1.165) is 16.6 Å². The lowest BCUT2D eigenvalue weighted by Gasteiger charge is -2.09. The number of aromatic nitrogens is 4. The summed E-state index contributed by atoms with van der Waals surface area (Å²) in [6.45, 7) is 0. The van der Waals surface area contributed by atoms with Gasteiger partial charge in [-0.25, -0.2) is 0 Å². The topological polar surface area (TPSA) is 52.7 Å². The second-order valence-corrected chi connectivity index (χ2v) is 5.28. The summed E-state index contributed by atoms with van der Waals surface area (Å²) in [5, 5.41) is 10.2. The zero-order valence-corrected chi connectivity index (χ0v) is 12.5. The Bertz CT molecular complexity index is 1050. The molecule has 0 aliphatic rings. The smallest absolute Gasteiger partial charge is 0.274 e. The first kappa shape index (κ1) is 13.5. The molecule has 2 aromatic heterocycles. The standard InChI is InChI=1S/C18H13N4O/c1-21-12-14(11-19-21)22-18(23)16-10-6-5-9-15(16)17(20-22)13-7-3-2-4-8-13/h2-3,5-12H,1H3. The van der Waals surface area contributed by atoms with E-state index in [1.807, 2.05) is 55.6 Å². The van der Waals surface area contributed by atoms with Crippen molar-refractivity contribution in [2.75, 3.05) is 0 Å². The minimum Gasteiger partial charge on any atom is -0.274 e. The molecule has 0 aliphatic heterocycles. The van der Waals surface area contributed by atoms with Crippen molar-refractivity contribution in [2.24, 2.45) is 7.05 Å². The van der Waals surface area contributed by atoms with Gasteiger partial charge in [-0.05, 0) is 18.2 Å². The van der Waals surface area contributed by atoms with Gasteiger partial charge < -0.3 is 0 Å². The van der Waals surface area contributed by atoms with Crippen LogP contribution in [0.4, 0.5) is 0 Å². The third-order valence-corrected chi connectivity index (χ3v) is 3.72. The summed E-state index contributed by atoms with van der Waals surface area (Å²) in [4.78, 5) is 12.8. The predicted octanol–water partition coefficient (Wildman–Crippen LogP) is 2.59. The monoisotopic (exact) mass is 301 g/mol. The number of hydrogen-bond acceptors (Lipinski definition) is 3. The van der Waals surface area contributed by atoms with E-state index >= 15 is 0 Å². The molecule has 0 bridgehead atoms. The van der Waals surface area contributed by atoms with Gasteiger partial charge in [0.2, 0.25) is 0 Å². The zero-order valence-electron chi connectivity index (χ0n) is 12.5. The van der Waals surface area contributed by atoms with Crippen LogP contribution in [0.15, 0.2) is 65.7 Å². The second kappa shape index (κ2) is 5.21. The van der Waals surface area contributed by atoms with Crippen molar-refractivity contribution < 1.29 is 0 Å². The van der Waals surface area contributed by atoms with E-state index in [0.29, 0.717) is 11.1 Å². The number of rotatable bonds is 2. The summed E-state index contributed by atoms with van der Waals surface area (Å²) in [6.07, 6.45) is 3.40. The third-order valence-electron chi connectivity index (χ3n) is 3.72. The maximum atomic E-state index is 12.8. The quantitative estimate of drug-likeness (QED) is 0.572. The van der Waals surface area contributed by atoms with Gasteiger partial charge in [0.1, 0.15) is 5.69 Å². The molecule has 0 atom stereocenters. The lowest BCUT2D eigenvalue weighted by molar-refractivity contribution is 0.764.